The van der Waals surface area contributed by atoms with Crippen LogP contribution in [0.2, 0.25) is 0 Å². The number of nitrogens with zero attached hydrogens (tertiary/aromatic N) is 1. The lowest BCUT2D eigenvalue weighted by Gasteiger charge is -2.16. The van der Waals surface area contributed by atoms with E-state index in [0.717, 1.165) is 18.2 Å². The lowest BCUT2D eigenvalue weighted by molar-refractivity contribution is 0.574. The molecule has 2 rings (SSSR count). The van der Waals surface area contributed by atoms with E-state index >= 15 is 0 Å². The molecule has 114 valence electrons. The molecule has 1 aromatic carbocycles. The Kier molecular flexibility index (Phi) is 6.03. The van der Waals surface area contributed by atoms with E-state index in [1.807, 2.05) is 21.2 Å². The third-order valence-corrected chi connectivity index (χ3v) is 4.16. The molecule has 0 saturated heterocycles. The molecule has 0 bridgehead atoms. The molecule has 1 unspecified atom stereocenters. The Bertz CT molecular complexity index is 795. The Morgan fingerprint density at radius 3 is 2.82 bits per heavy atom. The monoisotopic (exact) mass is 431 g/mol. The fraction of sp³-hybridized carbons (Fsp3) is 0.188. The van der Waals surface area contributed by atoms with Gasteiger partial charge in [0.2, 0.25) is 0 Å². The van der Waals surface area contributed by atoms with Gasteiger partial charge in [0.05, 0.1) is 0 Å². The molecule has 0 aliphatic carbocycles. The fourth-order valence-corrected chi connectivity index (χ4v) is 2.83. The summed E-state index contributed by atoms with van der Waals surface area (Å²) in [5, 5.41) is 2.81. The van der Waals surface area contributed by atoms with Crippen molar-refractivity contribution < 1.29 is 8.78 Å². The largest absolute Gasteiger partial charge is 0.318 e. The Balaban J connectivity index is 2.58. The van der Waals surface area contributed by atoms with E-state index in [9.17, 15) is 13.6 Å². The molecular formula is C16H12F2INOS. The highest BCUT2D eigenvalue weighted by Gasteiger charge is 2.21. The Hall–Kier alpha value is -1.33. The van der Waals surface area contributed by atoms with E-state index in [1.54, 1.807) is 25.4 Å². The van der Waals surface area contributed by atoms with Crippen LogP contribution in [-0.4, -0.2) is 4.57 Å². The van der Waals surface area contributed by atoms with Crippen molar-refractivity contribution in [1.29, 1.82) is 0 Å². The van der Waals surface area contributed by atoms with Gasteiger partial charge in [0.1, 0.15) is 11.6 Å². The number of aryl methyl sites for hydroxylation is 1. The molecule has 0 amide bonds. The average Bonchev–Trinajstić information content (AvgIpc) is 2.50. The van der Waals surface area contributed by atoms with Crippen LogP contribution in [0, 0.1) is 22.8 Å². The van der Waals surface area contributed by atoms with E-state index in [0.29, 0.717) is 5.56 Å². The molecule has 1 aromatic heterocycles. The third-order valence-electron chi connectivity index (χ3n) is 3.28. The molecule has 1 heterocycles. The van der Waals surface area contributed by atoms with Gasteiger partial charge in [0.25, 0.3) is 5.56 Å². The van der Waals surface area contributed by atoms with Crippen LogP contribution in [0.3, 0.4) is 0 Å². The maximum Gasteiger partial charge on any atom is 0.254 e. The van der Waals surface area contributed by atoms with Crippen LogP contribution in [0.4, 0.5) is 8.78 Å². The van der Waals surface area contributed by atoms with Crippen molar-refractivity contribution in [2.45, 2.75) is 12.3 Å². The molecule has 0 radical (unpaired) electrons. The molecule has 0 saturated carbocycles. The van der Waals surface area contributed by atoms with Gasteiger partial charge in [-0.25, -0.2) is 8.78 Å². The molecule has 0 fully saturated rings. The van der Waals surface area contributed by atoms with Crippen LogP contribution in [0.25, 0.3) is 0 Å². The quantitative estimate of drug-likeness (QED) is 0.536. The van der Waals surface area contributed by atoms with Crippen LogP contribution in [0.1, 0.15) is 23.5 Å². The molecule has 22 heavy (non-hydrogen) atoms. The first-order valence-electron chi connectivity index (χ1n) is 6.40. The molecule has 2 aromatic rings. The van der Waals surface area contributed by atoms with Crippen molar-refractivity contribution in [2.24, 2.45) is 7.05 Å². The maximum absolute atomic E-state index is 14.1. The summed E-state index contributed by atoms with van der Waals surface area (Å²) < 4.78 is 29.0. The number of rotatable bonds is 3. The summed E-state index contributed by atoms with van der Waals surface area (Å²) in [5.74, 6) is 1.21. The smallest absolute Gasteiger partial charge is 0.254 e. The topological polar surface area (TPSA) is 22.0 Å². The van der Waals surface area contributed by atoms with Gasteiger partial charge in [-0.1, -0.05) is 12.0 Å². The first-order valence-corrected chi connectivity index (χ1v) is 9.76. The van der Waals surface area contributed by atoms with Gasteiger partial charge in [0.15, 0.2) is 0 Å². The third kappa shape index (κ3) is 3.90. The summed E-state index contributed by atoms with van der Waals surface area (Å²) in [6, 6.07) is 6.61. The molecule has 1 atom stereocenters. The molecule has 0 N–H and O–H groups in total. The highest BCUT2D eigenvalue weighted by molar-refractivity contribution is 14.2. The second-order valence-electron chi connectivity index (χ2n) is 4.66. The van der Waals surface area contributed by atoms with Crippen LogP contribution < -0.4 is 5.56 Å². The Morgan fingerprint density at radius 1 is 1.32 bits per heavy atom. The van der Waals surface area contributed by atoms with Gasteiger partial charge in [-0.3, -0.25) is 4.79 Å². The number of aromatic nitrogens is 1. The minimum absolute atomic E-state index is 0.149. The molecule has 6 heteroatoms. The molecular weight excluding hydrogens is 419 g/mol. The van der Waals surface area contributed by atoms with Gasteiger partial charge in [-0.05, 0) is 44.0 Å². The van der Waals surface area contributed by atoms with E-state index in [4.69, 9.17) is 0 Å². The van der Waals surface area contributed by atoms with Crippen molar-refractivity contribution in [1.82, 2.24) is 4.57 Å². The second kappa shape index (κ2) is 7.79. The number of hydrogen-bond acceptors (Lipinski definition) is 2. The number of benzene rings is 1. The van der Waals surface area contributed by atoms with Gasteiger partial charge in [-0.2, -0.15) is 0 Å². The minimum Gasteiger partial charge on any atom is -0.318 e. The zero-order valence-corrected chi connectivity index (χ0v) is 14.6. The zero-order valence-electron chi connectivity index (χ0n) is 11.6. The Morgan fingerprint density at radius 2 is 2.09 bits per heavy atom. The van der Waals surface area contributed by atoms with Crippen molar-refractivity contribution in [2.75, 3.05) is 0 Å². The standard InChI is InChI=1S/C16H12F2INOS/c1-20-8-2-4-13(16(20)21)12(5-3-9-22-19)14-10-11(17)6-7-15(14)18/h2,4,6-8,10,12H,5H2,1H3. The number of hydrogen-bond donors (Lipinski definition) is 0. The van der Waals surface area contributed by atoms with Crippen molar-refractivity contribution >= 4 is 30.1 Å². The Labute approximate surface area is 143 Å². The zero-order chi connectivity index (χ0) is 16.1. The summed E-state index contributed by atoms with van der Waals surface area (Å²) in [6.07, 6.45) is 1.87. The minimum atomic E-state index is -0.605. The second-order valence-corrected chi connectivity index (χ2v) is 6.34. The van der Waals surface area contributed by atoms with Crippen LogP contribution in [0.5, 0.6) is 0 Å². The highest BCUT2D eigenvalue weighted by Crippen LogP contribution is 2.28. The van der Waals surface area contributed by atoms with E-state index in [1.165, 1.54) is 13.5 Å². The highest BCUT2D eigenvalue weighted by atomic mass is 127. The lowest BCUT2D eigenvalue weighted by atomic mass is 9.89. The lowest BCUT2D eigenvalue weighted by Crippen LogP contribution is -2.23. The summed E-state index contributed by atoms with van der Waals surface area (Å²) in [4.78, 5) is 12.3. The van der Waals surface area contributed by atoms with Crippen LogP contribution in [0.15, 0.2) is 41.3 Å². The summed E-state index contributed by atoms with van der Waals surface area (Å²) in [6.45, 7) is 0. The van der Waals surface area contributed by atoms with Crippen molar-refractivity contribution in [3.8, 4) is 11.2 Å². The molecule has 0 aliphatic heterocycles. The predicted octanol–water partition coefficient (Wildman–Crippen LogP) is 4.23. The predicted molar refractivity (Wildman–Crippen MR) is 93.9 cm³/mol. The summed E-state index contributed by atoms with van der Waals surface area (Å²) in [5.41, 5.74) is 0.318. The van der Waals surface area contributed by atoms with Crippen LogP contribution >= 0.6 is 30.1 Å². The summed E-state index contributed by atoms with van der Waals surface area (Å²) >= 11 is 2.03. The SMILES string of the molecule is Cn1cccc(C(CC#CSI)c2cc(F)ccc2F)c1=O. The van der Waals surface area contributed by atoms with Gasteiger partial charge in [-0.15, -0.1) is 0 Å². The first kappa shape index (κ1) is 17.0. The number of halogens is 3. The summed E-state index contributed by atoms with van der Waals surface area (Å²) in [7, 11) is 2.93. The first-order chi connectivity index (χ1) is 10.5. The fourth-order valence-electron chi connectivity index (χ4n) is 2.22. The van der Waals surface area contributed by atoms with Gasteiger partial charge in [0, 0.05) is 52.4 Å². The molecule has 2 nitrogen and oxygen atoms in total. The number of pyridine rings is 1. The van der Waals surface area contributed by atoms with E-state index in [-0.39, 0.29) is 17.5 Å². The van der Waals surface area contributed by atoms with Crippen LogP contribution in [-0.2, 0) is 7.05 Å². The molecule has 0 aliphatic rings. The van der Waals surface area contributed by atoms with E-state index < -0.39 is 17.6 Å². The van der Waals surface area contributed by atoms with Crippen molar-refractivity contribution in [3.63, 3.8) is 0 Å². The average molecular weight is 431 g/mol. The maximum atomic E-state index is 14.1. The van der Waals surface area contributed by atoms with Gasteiger partial charge < -0.3 is 4.57 Å². The van der Waals surface area contributed by atoms with Gasteiger partial charge >= 0.3 is 0 Å². The normalized spacial score (nSPS) is 11.6. The van der Waals surface area contributed by atoms with Crippen molar-refractivity contribution in [3.05, 3.63) is 69.6 Å². The molecule has 0 spiro atoms. The van der Waals surface area contributed by atoms with E-state index in [2.05, 4.69) is 11.2 Å².